The molecule has 4 rings (SSSR count). The van der Waals surface area contributed by atoms with Crippen molar-refractivity contribution in [3.05, 3.63) is 100 Å². The van der Waals surface area contributed by atoms with Gasteiger partial charge >= 0.3 is 5.69 Å². The molecule has 0 aliphatic heterocycles. The zero-order valence-corrected chi connectivity index (χ0v) is 19.2. The number of aryl methyl sites for hydroxylation is 1. The van der Waals surface area contributed by atoms with Crippen LogP contribution in [-0.2, 0) is 4.79 Å². The number of amides is 1. The van der Waals surface area contributed by atoms with Crippen molar-refractivity contribution < 1.29 is 19.6 Å². The molecule has 180 valence electrons. The van der Waals surface area contributed by atoms with Gasteiger partial charge in [0.15, 0.2) is 12.4 Å². The molecule has 0 bridgehead atoms. The summed E-state index contributed by atoms with van der Waals surface area (Å²) in [5.41, 5.74) is 4.21. The second-order valence-electron chi connectivity index (χ2n) is 7.75. The van der Waals surface area contributed by atoms with E-state index in [9.17, 15) is 20.0 Å². The predicted molar refractivity (Wildman–Crippen MR) is 135 cm³/mol. The second-order valence-corrected chi connectivity index (χ2v) is 7.75. The van der Waals surface area contributed by atoms with Gasteiger partial charge in [-0.05, 0) is 48.2 Å². The smallest absolute Gasteiger partial charge is 0.311 e. The molecule has 0 unspecified atom stereocenters. The number of hydrogen-bond donors (Lipinski definition) is 2. The number of hydrazone groups is 1. The summed E-state index contributed by atoms with van der Waals surface area (Å²) < 4.78 is 5.26. The quantitative estimate of drug-likeness (QED) is 0.143. The number of ether oxygens (including phenoxy) is 1. The molecule has 0 radical (unpaired) electrons. The molecule has 0 aliphatic rings. The van der Waals surface area contributed by atoms with E-state index in [0.29, 0.717) is 22.5 Å². The summed E-state index contributed by atoms with van der Waals surface area (Å²) in [7, 11) is 0. The molecule has 0 heterocycles. The average Bonchev–Trinajstić information content (AvgIpc) is 2.88. The molecule has 4 aromatic rings. The predicted octanol–water partition coefficient (Wildman–Crippen LogP) is 5.71. The molecule has 0 saturated heterocycles. The number of fused-ring (bicyclic) bond motifs is 1. The Hall–Kier alpha value is -5.12. The van der Waals surface area contributed by atoms with Crippen molar-refractivity contribution in [2.24, 2.45) is 15.3 Å². The van der Waals surface area contributed by atoms with Crippen molar-refractivity contribution in [3.63, 3.8) is 0 Å². The van der Waals surface area contributed by atoms with Gasteiger partial charge in [-0.15, -0.1) is 5.11 Å². The number of azo groups is 1. The van der Waals surface area contributed by atoms with Gasteiger partial charge in [0, 0.05) is 17.0 Å². The Kier molecular flexibility index (Phi) is 7.25. The highest BCUT2D eigenvalue weighted by Crippen LogP contribution is 2.29. The van der Waals surface area contributed by atoms with E-state index in [1.165, 1.54) is 24.4 Å². The number of rotatable bonds is 8. The Morgan fingerprint density at radius 1 is 1.06 bits per heavy atom. The molecule has 10 heteroatoms. The van der Waals surface area contributed by atoms with Crippen molar-refractivity contribution in [1.29, 1.82) is 0 Å². The highest BCUT2D eigenvalue weighted by Gasteiger charge is 2.16. The summed E-state index contributed by atoms with van der Waals surface area (Å²) in [5, 5.41) is 35.7. The number of hydrogen-bond acceptors (Lipinski definition) is 8. The Morgan fingerprint density at radius 2 is 1.86 bits per heavy atom. The van der Waals surface area contributed by atoms with E-state index < -0.39 is 17.4 Å². The summed E-state index contributed by atoms with van der Waals surface area (Å²) >= 11 is 0. The molecule has 10 nitrogen and oxygen atoms in total. The summed E-state index contributed by atoms with van der Waals surface area (Å²) in [4.78, 5) is 22.6. The molecular weight excluding hydrogens is 462 g/mol. The Morgan fingerprint density at radius 3 is 2.69 bits per heavy atom. The van der Waals surface area contributed by atoms with E-state index in [1.54, 1.807) is 25.1 Å². The fourth-order valence-corrected chi connectivity index (χ4v) is 3.36. The van der Waals surface area contributed by atoms with E-state index in [-0.39, 0.29) is 17.2 Å². The Bertz CT molecular complexity index is 1490. The maximum Gasteiger partial charge on any atom is 0.311 e. The number of nitro groups is 1. The van der Waals surface area contributed by atoms with E-state index in [1.807, 2.05) is 42.5 Å². The summed E-state index contributed by atoms with van der Waals surface area (Å²) in [6.45, 7) is 1.24. The molecule has 0 aromatic heterocycles. The minimum atomic E-state index is -0.632. The molecule has 2 N–H and O–H groups in total. The van der Waals surface area contributed by atoms with Crippen molar-refractivity contribution in [2.45, 2.75) is 6.92 Å². The Labute approximate surface area is 205 Å². The van der Waals surface area contributed by atoms with E-state index in [4.69, 9.17) is 4.74 Å². The minimum absolute atomic E-state index is 0.0216. The van der Waals surface area contributed by atoms with Crippen LogP contribution in [-0.4, -0.2) is 28.8 Å². The van der Waals surface area contributed by atoms with Crippen molar-refractivity contribution in [1.82, 2.24) is 5.43 Å². The molecule has 4 aromatic carbocycles. The van der Waals surface area contributed by atoms with Crippen LogP contribution < -0.4 is 10.2 Å². The number of aromatic hydroxyl groups is 1. The van der Waals surface area contributed by atoms with Gasteiger partial charge in [0.05, 0.1) is 22.5 Å². The van der Waals surface area contributed by atoms with Crippen LogP contribution in [0.4, 0.5) is 17.1 Å². The molecular formula is C26H21N5O5. The van der Waals surface area contributed by atoms with Gasteiger partial charge in [0.1, 0.15) is 5.75 Å². The highest BCUT2D eigenvalue weighted by atomic mass is 16.6. The van der Waals surface area contributed by atoms with Crippen LogP contribution in [0.2, 0.25) is 0 Å². The van der Waals surface area contributed by atoms with Gasteiger partial charge in [-0.1, -0.05) is 42.5 Å². The molecule has 36 heavy (non-hydrogen) atoms. The monoisotopic (exact) mass is 483 g/mol. The third-order valence-corrected chi connectivity index (χ3v) is 5.11. The van der Waals surface area contributed by atoms with Gasteiger partial charge in [-0.25, -0.2) is 5.43 Å². The lowest BCUT2D eigenvalue weighted by atomic mass is 10.1. The zero-order chi connectivity index (χ0) is 25.5. The number of nitrogens with one attached hydrogen (secondary N) is 1. The second kappa shape index (κ2) is 10.9. The van der Waals surface area contributed by atoms with Crippen molar-refractivity contribution >= 4 is 40.0 Å². The molecule has 0 aliphatic carbocycles. The maximum atomic E-state index is 12.1. The first-order valence-electron chi connectivity index (χ1n) is 10.8. The fourth-order valence-electron chi connectivity index (χ4n) is 3.36. The first-order valence-corrected chi connectivity index (χ1v) is 10.8. The summed E-state index contributed by atoms with van der Waals surface area (Å²) in [6.07, 6.45) is 1.25. The average molecular weight is 483 g/mol. The minimum Gasteiger partial charge on any atom is -0.507 e. The number of nitro benzene ring substituents is 1. The van der Waals surface area contributed by atoms with Gasteiger partial charge in [-0.3, -0.25) is 14.9 Å². The molecule has 1 amide bonds. The van der Waals surface area contributed by atoms with Gasteiger partial charge in [0.25, 0.3) is 5.91 Å². The third-order valence-electron chi connectivity index (χ3n) is 5.11. The lowest BCUT2D eigenvalue weighted by molar-refractivity contribution is -0.385. The summed E-state index contributed by atoms with van der Waals surface area (Å²) in [6, 6.07) is 22.6. The number of nitrogens with zero attached hydrogens (tertiary/aromatic N) is 4. The molecule has 0 atom stereocenters. The molecule has 0 fully saturated rings. The van der Waals surface area contributed by atoms with Gasteiger partial charge < -0.3 is 9.84 Å². The van der Waals surface area contributed by atoms with Crippen molar-refractivity contribution in [2.75, 3.05) is 6.61 Å². The van der Waals surface area contributed by atoms with Crippen LogP contribution in [0.25, 0.3) is 10.8 Å². The normalized spacial score (nSPS) is 11.2. The van der Waals surface area contributed by atoms with E-state index in [0.717, 1.165) is 10.8 Å². The van der Waals surface area contributed by atoms with E-state index in [2.05, 4.69) is 20.8 Å². The molecule has 0 spiro atoms. The number of phenolic OH excluding ortho intramolecular Hbond substituents is 1. The topological polar surface area (TPSA) is 139 Å². The van der Waals surface area contributed by atoms with Crippen LogP contribution in [0.5, 0.6) is 11.5 Å². The largest absolute Gasteiger partial charge is 0.507 e. The van der Waals surface area contributed by atoms with Crippen LogP contribution in [0.1, 0.15) is 11.1 Å². The standard InChI is InChI=1S/C26H21N5O5/c1-17-9-12-25(23(13-17)31(34)35)36-16-26(33)30-27-15-19-14-20(10-11-24(19)32)28-29-22-8-4-6-18-5-2-3-7-21(18)22/h2-15,32H,16H2,1H3,(H,30,33). The van der Waals surface area contributed by atoms with E-state index >= 15 is 0 Å². The van der Waals surface area contributed by atoms with Gasteiger partial charge in [0.2, 0.25) is 0 Å². The first kappa shape index (κ1) is 24.0. The van der Waals surface area contributed by atoms with Crippen LogP contribution in [0.15, 0.2) is 94.2 Å². The van der Waals surface area contributed by atoms with Crippen LogP contribution >= 0.6 is 0 Å². The van der Waals surface area contributed by atoms with Crippen molar-refractivity contribution in [3.8, 4) is 11.5 Å². The third kappa shape index (κ3) is 5.86. The lowest BCUT2D eigenvalue weighted by Crippen LogP contribution is -2.24. The highest BCUT2D eigenvalue weighted by molar-refractivity contribution is 5.92. The number of carbonyl (C=O) groups is 1. The number of phenols is 1. The van der Waals surface area contributed by atoms with Crippen LogP contribution in [0, 0.1) is 17.0 Å². The number of benzene rings is 4. The van der Waals surface area contributed by atoms with Crippen LogP contribution in [0.3, 0.4) is 0 Å². The SMILES string of the molecule is Cc1ccc(OCC(=O)NN=Cc2cc(N=Nc3cccc4ccccc34)ccc2O)c([N+](=O)[O-])c1. The number of carbonyl (C=O) groups excluding carboxylic acids is 1. The summed E-state index contributed by atoms with van der Waals surface area (Å²) in [5.74, 6) is -0.720. The lowest BCUT2D eigenvalue weighted by Gasteiger charge is -2.06. The zero-order valence-electron chi connectivity index (χ0n) is 19.2. The van der Waals surface area contributed by atoms with Gasteiger partial charge in [-0.2, -0.15) is 10.2 Å². The maximum absolute atomic E-state index is 12.1. The fraction of sp³-hybridized carbons (Fsp3) is 0.0769. The molecule has 0 saturated carbocycles. The first-order chi connectivity index (χ1) is 17.4. The Balaban J connectivity index is 1.40.